The van der Waals surface area contributed by atoms with Crippen LogP contribution in [0, 0.1) is 0 Å². The van der Waals surface area contributed by atoms with E-state index in [1.54, 1.807) is 60.9 Å². The summed E-state index contributed by atoms with van der Waals surface area (Å²) in [5, 5.41) is 0. The van der Waals surface area contributed by atoms with Gasteiger partial charge in [-0.2, -0.15) is 0 Å². The Balaban J connectivity index is 1.71. The van der Waals surface area contributed by atoms with E-state index in [0.717, 1.165) is 0 Å². The summed E-state index contributed by atoms with van der Waals surface area (Å²) in [6.45, 7) is 0. The average Bonchev–Trinajstić information content (AvgIpc) is 3.03. The first-order chi connectivity index (χ1) is 12.0. The zero-order valence-corrected chi connectivity index (χ0v) is 14.1. The molecule has 25 heavy (non-hydrogen) atoms. The third kappa shape index (κ3) is 1.94. The molecule has 5 rings (SSSR count). The molecule has 4 heterocycles. The number of pyridine rings is 2. The first-order valence-corrected chi connectivity index (χ1v) is 10.7. The quantitative estimate of drug-likeness (QED) is 0.392. The van der Waals surface area contributed by atoms with Crippen molar-refractivity contribution in [2.45, 2.75) is 6.04 Å². The zero-order chi connectivity index (χ0) is 17.0. The van der Waals surface area contributed by atoms with Gasteiger partial charge >= 0.3 is 142 Å². The standard InChI is InChI=1S/C17H15FN2O4Si/c18-25(14-15-8-2-1-3-9-15,21-16-10-4-6-12-19(16)23-25)22-17-11-5-7-13-20(17)24-25/h1-13H,14H2. The number of nitrogens with zero attached hydrogens (tertiary/aromatic N) is 2. The summed E-state index contributed by atoms with van der Waals surface area (Å²) in [5.74, 6) is 0.359. The van der Waals surface area contributed by atoms with Crippen molar-refractivity contribution in [2.75, 3.05) is 0 Å². The van der Waals surface area contributed by atoms with Gasteiger partial charge in [-0.05, 0) is 0 Å². The monoisotopic (exact) mass is 358 g/mol. The number of hydrogen-bond acceptors (Lipinski definition) is 4. The molecule has 2 aliphatic heterocycles. The Morgan fingerprint density at radius 2 is 1.24 bits per heavy atom. The Bertz CT molecular complexity index is 897. The van der Waals surface area contributed by atoms with Crippen LogP contribution in [0.3, 0.4) is 0 Å². The fourth-order valence-corrected chi connectivity index (χ4v) is 7.37. The Morgan fingerprint density at radius 1 is 0.720 bits per heavy atom. The van der Waals surface area contributed by atoms with Crippen LogP contribution < -0.4 is 27.4 Å². The van der Waals surface area contributed by atoms with Crippen LogP contribution in [0.4, 0.5) is 4.11 Å². The third-order valence-corrected chi connectivity index (χ3v) is 8.00. The molecule has 0 fully saturated rings. The van der Waals surface area contributed by atoms with Gasteiger partial charge in [0.25, 0.3) is 0 Å². The molecule has 2 aliphatic rings. The third-order valence-electron chi connectivity index (χ3n) is 4.28. The van der Waals surface area contributed by atoms with Crippen molar-refractivity contribution < 1.29 is 31.5 Å². The average molecular weight is 358 g/mol. The summed E-state index contributed by atoms with van der Waals surface area (Å²) in [5.41, 5.74) is 0.635. The first-order valence-electron chi connectivity index (χ1n) is 7.94. The molecule has 0 saturated heterocycles. The van der Waals surface area contributed by atoms with E-state index in [0.29, 0.717) is 5.56 Å². The van der Waals surface area contributed by atoms with Gasteiger partial charge in [0.1, 0.15) is 0 Å². The number of rotatable bonds is 2. The summed E-state index contributed by atoms with van der Waals surface area (Å²) in [6, 6.07) is 18.8. The molecular formula is C17H15FN2O4Si. The van der Waals surface area contributed by atoms with Crippen molar-refractivity contribution in [3.05, 3.63) is 84.7 Å². The molecule has 3 aromatic rings. The van der Waals surface area contributed by atoms with Crippen LogP contribution in [0.1, 0.15) is 5.56 Å². The van der Waals surface area contributed by atoms with Crippen LogP contribution >= 0.6 is 0 Å². The number of benzene rings is 1. The summed E-state index contributed by atoms with van der Waals surface area (Å²) >= 11 is 0. The Hall–Kier alpha value is -3.13. The molecule has 128 valence electrons. The van der Waals surface area contributed by atoms with Gasteiger partial charge in [-0.15, -0.1) is 0 Å². The maximum absolute atomic E-state index is 17.1. The zero-order valence-electron chi connectivity index (χ0n) is 13.1. The molecule has 0 aliphatic carbocycles. The van der Waals surface area contributed by atoms with Crippen LogP contribution in [-0.2, 0) is 6.04 Å². The van der Waals surface area contributed by atoms with E-state index in [2.05, 4.69) is 0 Å². The van der Waals surface area contributed by atoms with E-state index in [4.69, 9.17) is 17.9 Å². The predicted molar refractivity (Wildman–Crippen MR) is 84.7 cm³/mol. The fraction of sp³-hybridized carbons (Fsp3) is 0.0588. The predicted octanol–water partition coefficient (Wildman–Crippen LogP) is 1.20. The van der Waals surface area contributed by atoms with Gasteiger partial charge in [0.2, 0.25) is 0 Å². The van der Waals surface area contributed by atoms with Gasteiger partial charge < -0.3 is 0 Å². The van der Waals surface area contributed by atoms with Crippen LogP contribution in [0.15, 0.2) is 79.1 Å². The maximum atomic E-state index is 17.1. The Labute approximate surface area is 142 Å². The molecule has 1 aromatic carbocycles. The van der Waals surface area contributed by atoms with Gasteiger partial charge in [-0.25, -0.2) is 0 Å². The number of halogens is 1. The Kier molecular flexibility index (Phi) is 2.33. The van der Waals surface area contributed by atoms with E-state index >= 15 is 4.11 Å². The SMILES string of the molecule is F[Si-2]12(Cc3ccccc3)(Oc3cccc[n+]3O1)Oc1cccc[n+]1O2. The fourth-order valence-electron chi connectivity index (χ4n) is 3.33. The van der Waals surface area contributed by atoms with E-state index in [1.165, 1.54) is 9.46 Å². The summed E-state index contributed by atoms with van der Waals surface area (Å²) in [7, 11) is -6.45. The normalized spacial score (nSPS) is 22.4. The number of hydrogen-bond donors (Lipinski definition) is 0. The van der Waals surface area contributed by atoms with Gasteiger partial charge in [0.05, 0.1) is 0 Å². The van der Waals surface area contributed by atoms with Crippen molar-refractivity contribution in [1.82, 2.24) is 0 Å². The van der Waals surface area contributed by atoms with E-state index in [9.17, 15) is 0 Å². The molecule has 6 nitrogen and oxygen atoms in total. The van der Waals surface area contributed by atoms with E-state index in [1.807, 2.05) is 18.2 Å². The van der Waals surface area contributed by atoms with Crippen LogP contribution in [0.2, 0.25) is 0 Å². The molecule has 0 saturated carbocycles. The molecule has 0 unspecified atom stereocenters. The van der Waals surface area contributed by atoms with Gasteiger partial charge in [0.15, 0.2) is 0 Å². The van der Waals surface area contributed by atoms with E-state index < -0.39 is 7.94 Å². The molecule has 0 radical (unpaired) electrons. The first kappa shape index (κ1) is 14.2. The van der Waals surface area contributed by atoms with Crippen molar-refractivity contribution in [3.8, 4) is 11.8 Å². The van der Waals surface area contributed by atoms with Gasteiger partial charge in [-0.3, -0.25) is 0 Å². The van der Waals surface area contributed by atoms with Crippen molar-refractivity contribution in [2.24, 2.45) is 0 Å². The summed E-state index contributed by atoms with van der Waals surface area (Å²) < 4.78 is 42.6. The number of aromatic nitrogens is 2. The summed E-state index contributed by atoms with van der Waals surface area (Å²) in [6.07, 6.45) is 3.10. The molecule has 8 heteroatoms. The van der Waals surface area contributed by atoms with Crippen LogP contribution in [-0.4, -0.2) is 7.94 Å². The van der Waals surface area contributed by atoms with Crippen LogP contribution in [0.5, 0.6) is 11.8 Å². The van der Waals surface area contributed by atoms with Crippen molar-refractivity contribution in [3.63, 3.8) is 0 Å². The van der Waals surface area contributed by atoms with Crippen molar-refractivity contribution in [1.29, 1.82) is 0 Å². The summed E-state index contributed by atoms with van der Waals surface area (Å²) in [4.78, 5) is 0. The number of fused-ring (bicyclic) bond motifs is 2. The molecule has 0 bridgehead atoms. The molecule has 2 aromatic heterocycles. The second-order valence-corrected chi connectivity index (χ2v) is 10.5. The molecule has 1 spiro atoms. The van der Waals surface area contributed by atoms with E-state index in [-0.39, 0.29) is 17.8 Å². The second-order valence-electron chi connectivity index (χ2n) is 6.30. The molecule has 0 atom stereocenters. The van der Waals surface area contributed by atoms with Gasteiger partial charge in [-0.1, -0.05) is 0 Å². The van der Waals surface area contributed by atoms with Crippen molar-refractivity contribution >= 4 is 7.94 Å². The van der Waals surface area contributed by atoms with Crippen LogP contribution in [0.25, 0.3) is 0 Å². The van der Waals surface area contributed by atoms with Gasteiger partial charge in [0, 0.05) is 0 Å². The minimum atomic E-state index is -6.45. The topological polar surface area (TPSA) is 44.7 Å². The second kappa shape index (κ2) is 4.09. The molecule has 0 amide bonds. The molecule has 0 N–H and O–H groups in total. The Morgan fingerprint density at radius 3 is 1.76 bits per heavy atom. The molecular weight excluding hydrogens is 343 g/mol. The minimum absolute atomic E-state index is 0.179.